The summed E-state index contributed by atoms with van der Waals surface area (Å²) in [6.45, 7) is 2.81. The lowest BCUT2D eigenvalue weighted by Gasteiger charge is -2.10. The van der Waals surface area contributed by atoms with Crippen molar-refractivity contribution >= 4 is 17.5 Å². The fourth-order valence-electron chi connectivity index (χ4n) is 2.28. The van der Waals surface area contributed by atoms with E-state index < -0.39 is 11.7 Å². The quantitative estimate of drug-likeness (QED) is 0.673. The lowest BCUT2D eigenvalue weighted by molar-refractivity contribution is 0.0951. The first kappa shape index (κ1) is 15.9. The molecular formula is C16H17FN6O. The minimum atomic E-state index is -0.533. The Hall–Kier alpha value is -3.03. The van der Waals surface area contributed by atoms with Crippen molar-refractivity contribution in [2.75, 3.05) is 18.4 Å². The first-order chi connectivity index (χ1) is 11.7. The lowest BCUT2D eigenvalue weighted by atomic mass is 10.2. The first-order valence-electron chi connectivity index (χ1n) is 7.65. The molecule has 7 nitrogen and oxygen atoms in total. The van der Waals surface area contributed by atoms with Gasteiger partial charge in [0.15, 0.2) is 0 Å². The summed E-state index contributed by atoms with van der Waals surface area (Å²) in [5, 5.41) is 9.97. The highest BCUT2D eigenvalue weighted by atomic mass is 19.1. The summed E-state index contributed by atoms with van der Waals surface area (Å²) in [5.74, 6) is 0.292. The molecule has 0 aliphatic heterocycles. The van der Waals surface area contributed by atoms with Gasteiger partial charge in [-0.15, -0.1) is 0 Å². The Kier molecular flexibility index (Phi) is 4.64. The minimum absolute atomic E-state index is 0.0355. The largest absolute Gasteiger partial charge is 0.368 e. The van der Waals surface area contributed by atoms with Gasteiger partial charge in [-0.05, 0) is 18.6 Å². The smallest absolute Gasteiger partial charge is 0.254 e. The van der Waals surface area contributed by atoms with Crippen molar-refractivity contribution in [3.8, 4) is 0 Å². The van der Waals surface area contributed by atoms with E-state index in [2.05, 4.69) is 25.7 Å². The highest BCUT2D eigenvalue weighted by Crippen LogP contribution is 2.11. The molecular weight excluding hydrogens is 311 g/mol. The van der Waals surface area contributed by atoms with Crippen LogP contribution in [-0.4, -0.2) is 38.6 Å². The molecule has 3 rings (SSSR count). The van der Waals surface area contributed by atoms with Gasteiger partial charge in [-0.1, -0.05) is 19.1 Å². The maximum absolute atomic E-state index is 13.5. The molecule has 124 valence electrons. The molecule has 0 atom stereocenters. The average Bonchev–Trinajstić information content (AvgIpc) is 3.07. The van der Waals surface area contributed by atoms with Crippen molar-refractivity contribution in [3.63, 3.8) is 0 Å². The summed E-state index contributed by atoms with van der Waals surface area (Å²) < 4.78 is 15.1. The standard InChI is InChI=1S/C16H17FN6O/c1-2-11-9-14(23-16(22-11)20-10-21-23)18-7-8-19-15(24)12-5-3-4-6-13(12)17/h3-6,9-10,18H,2,7-8H2,1H3,(H,19,24). The lowest BCUT2D eigenvalue weighted by Crippen LogP contribution is -2.29. The number of hydrogen-bond acceptors (Lipinski definition) is 5. The van der Waals surface area contributed by atoms with Crippen LogP contribution in [0, 0.1) is 5.82 Å². The van der Waals surface area contributed by atoms with E-state index in [1.165, 1.54) is 18.5 Å². The summed E-state index contributed by atoms with van der Waals surface area (Å²) >= 11 is 0. The van der Waals surface area contributed by atoms with Crippen molar-refractivity contribution in [1.82, 2.24) is 24.9 Å². The molecule has 0 saturated heterocycles. The topological polar surface area (TPSA) is 84.2 Å². The van der Waals surface area contributed by atoms with Gasteiger partial charge in [-0.25, -0.2) is 9.37 Å². The van der Waals surface area contributed by atoms with Crippen LogP contribution in [0.5, 0.6) is 0 Å². The molecule has 2 aromatic heterocycles. The van der Waals surface area contributed by atoms with Gasteiger partial charge in [-0.2, -0.15) is 14.6 Å². The predicted molar refractivity (Wildman–Crippen MR) is 87.4 cm³/mol. The number of carbonyl (C=O) groups excluding carboxylic acids is 1. The molecule has 0 unspecified atom stereocenters. The van der Waals surface area contributed by atoms with E-state index in [4.69, 9.17) is 0 Å². The summed E-state index contributed by atoms with van der Waals surface area (Å²) in [5.41, 5.74) is 0.932. The van der Waals surface area contributed by atoms with Crippen LogP contribution in [0.15, 0.2) is 36.7 Å². The first-order valence-corrected chi connectivity index (χ1v) is 7.65. The van der Waals surface area contributed by atoms with E-state index in [0.717, 1.165) is 17.9 Å². The molecule has 0 aliphatic carbocycles. The highest BCUT2D eigenvalue weighted by molar-refractivity contribution is 5.94. The second kappa shape index (κ2) is 7.03. The van der Waals surface area contributed by atoms with Crippen LogP contribution in [0.1, 0.15) is 23.0 Å². The van der Waals surface area contributed by atoms with Gasteiger partial charge in [0.25, 0.3) is 11.7 Å². The number of anilines is 1. The Bertz CT molecular complexity index is 863. The third kappa shape index (κ3) is 3.32. The van der Waals surface area contributed by atoms with E-state index in [9.17, 15) is 9.18 Å². The van der Waals surface area contributed by atoms with E-state index in [1.54, 1.807) is 16.6 Å². The summed E-state index contributed by atoms with van der Waals surface area (Å²) in [7, 11) is 0. The van der Waals surface area contributed by atoms with Gasteiger partial charge in [0.2, 0.25) is 0 Å². The van der Waals surface area contributed by atoms with Gasteiger partial charge in [-0.3, -0.25) is 4.79 Å². The van der Waals surface area contributed by atoms with Gasteiger partial charge < -0.3 is 10.6 Å². The molecule has 1 amide bonds. The zero-order valence-electron chi connectivity index (χ0n) is 13.2. The Morgan fingerprint density at radius 1 is 1.29 bits per heavy atom. The molecule has 24 heavy (non-hydrogen) atoms. The number of fused-ring (bicyclic) bond motifs is 1. The zero-order valence-corrected chi connectivity index (χ0v) is 13.2. The number of aryl methyl sites for hydroxylation is 1. The maximum atomic E-state index is 13.5. The Balaban J connectivity index is 1.60. The van der Waals surface area contributed by atoms with Crippen molar-refractivity contribution in [2.45, 2.75) is 13.3 Å². The van der Waals surface area contributed by atoms with Gasteiger partial charge >= 0.3 is 0 Å². The van der Waals surface area contributed by atoms with Gasteiger partial charge in [0, 0.05) is 24.8 Å². The van der Waals surface area contributed by atoms with Crippen LogP contribution in [0.25, 0.3) is 5.78 Å². The van der Waals surface area contributed by atoms with Crippen LogP contribution in [0.3, 0.4) is 0 Å². The van der Waals surface area contributed by atoms with Crippen molar-refractivity contribution in [2.24, 2.45) is 0 Å². The normalized spacial score (nSPS) is 10.8. The Morgan fingerprint density at radius 2 is 2.12 bits per heavy atom. The number of carbonyl (C=O) groups is 1. The maximum Gasteiger partial charge on any atom is 0.254 e. The van der Waals surface area contributed by atoms with Gasteiger partial charge in [0.05, 0.1) is 5.56 Å². The number of halogens is 1. The monoisotopic (exact) mass is 328 g/mol. The SMILES string of the molecule is CCc1cc(NCCNC(=O)c2ccccc2F)n2ncnc2n1. The van der Waals surface area contributed by atoms with Crippen LogP contribution >= 0.6 is 0 Å². The third-order valence-electron chi connectivity index (χ3n) is 3.50. The molecule has 0 radical (unpaired) electrons. The van der Waals surface area contributed by atoms with E-state index in [-0.39, 0.29) is 5.56 Å². The van der Waals surface area contributed by atoms with Crippen LogP contribution in [-0.2, 0) is 6.42 Å². The Labute approximate surface area is 137 Å². The number of rotatable bonds is 6. The van der Waals surface area contributed by atoms with Crippen LogP contribution < -0.4 is 10.6 Å². The number of nitrogens with one attached hydrogen (secondary N) is 2. The van der Waals surface area contributed by atoms with Gasteiger partial charge in [0.1, 0.15) is 18.0 Å². The van der Waals surface area contributed by atoms with Crippen molar-refractivity contribution < 1.29 is 9.18 Å². The molecule has 2 heterocycles. The fourth-order valence-corrected chi connectivity index (χ4v) is 2.28. The van der Waals surface area contributed by atoms with Crippen LogP contribution in [0.2, 0.25) is 0 Å². The molecule has 0 aliphatic rings. The number of benzene rings is 1. The van der Waals surface area contributed by atoms with E-state index in [1.807, 2.05) is 13.0 Å². The van der Waals surface area contributed by atoms with Crippen molar-refractivity contribution in [3.05, 3.63) is 53.7 Å². The number of aromatic nitrogens is 4. The summed E-state index contributed by atoms with van der Waals surface area (Å²) in [6.07, 6.45) is 2.22. The Morgan fingerprint density at radius 3 is 2.92 bits per heavy atom. The molecule has 0 saturated carbocycles. The van der Waals surface area contributed by atoms with E-state index in [0.29, 0.717) is 18.9 Å². The summed E-state index contributed by atoms with van der Waals surface area (Å²) in [6, 6.07) is 7.78. The minimum Gasteiger partial charge on any atom is -0.368 e. The highest BCUT2D eigenvalue weighted by Gasteiger charge is 2.10. The summed E-state index contributed by atoms with van der Waals surface area (Å²) in [4.78, 5) is 20.4. The molecule has 0 fully saturated rings. The second-order valence-electron chi connectivity index (χ2n) is 5.12. The molecule has 0 bridgehead atoms. The number of amides is 1. The van der Waals surface area contributed by atoms with E-state index >= 15 is 0 Å². The average molecular weight is 328 g/mol. The molecule has 8 heteroatoms. The van der Waals surface area contributed by atoms with Crippen LogP contribution in [0.4, 0.5) is 10.2 Å². The fraction of sp³-hybridized carbons (Fsp3) is 0.250. The second-order valence-corrected chi connectivity index (χ2v) is 5.12. The number of nitrogens with zero attached hydrogens (tertiary/aromatic N) is 4. The molecule has 3 aromatic rings. The molecule has 0 spiro atoms. The zero-order chi connectivity index (χ0) is 16.9. The molecule has 1 aromatic carbocycles. The number of hydrogen-bond donors (Lipinski definition) is 2. The predicted octanol–water partition coefficient (Wildman–Crippen LogP) is 1.67. The third-order valence-corrected chi connectivity index (χ3v) is 3.50. The van der Waals surface area contributed by atoms with Crippen molar-refractivity contribution in [1.29, 1.82) is 0 Å². The molecule has 2 N–H and O–H groups in total.